The van der Waals surface area contributed by atoms with Crippen molar-refractivity contribution >= 4 is 23.8 Å². The quantitative estimate of drug-likeness (QED) is 0.588. The Hall–Kier alpha value is -1.57. The van der Waals surface area contributed by atoms with Gasteiger partial charge in [-0.25, -0.2) is 9.78 Å². The minimum absolute atomic E-state index is 0.289. The minimum Gasteiger partial charge on any atom is -0.465 e. The first-order chi connectivity index (χ1) is 9.90. The molecule has 1 rings (SSSR count). The van der Waals surface area contributed by atoms with Crippen LogP contribution in [0.15, 0.2) is 5.16 Å². The second-order valence-corrected chi connectivity index (χ2v) is 5.97. The average molecular weight is 314 g/mol. The highest BCUT2D eigenvalue weighted by Crippen LogP contribution is 2.23. The van der Waals surface area contributed by atoms with Gasteiger partial charge in [0.25, 0.3) is 0 Å². The highest BCUT2D eigenvalue weighted by molar-refractivity contribution is 8.00. The van der Waals surface area contributed by atoms with E-state index in [1.165, 1.54) is 21.3 Å². The number of amides is 1. The molecule has 0 bridgehead atoms. The van der Waals surface area contributed by atoms with E-state index in [9.17, 15) is 9.59 Å². The lowest BCUT2D eigenvalue weighted by Crippen LogP contribution is -2.29. The molecule has 0 fully saturated rings. The molecule has 0 N–H and O–H groups in total. The SMILES string of the molecule is CCCc1nc(SC(C)C(=O)OCC)n(C(=O)N(C)C)n1. The third-order valence-electron chi connectivity index (χ3n) is 2.56. The van der Waals surface area contributed by atoms with Crippen molar-refractivity contribution in [3.05, 3.63) is 5.82 Å². The molecule has 1 heterocycles. The molecule has 0 saturated carbocycles. The van der Waals surface area contributed by atoms with Gasteiger partial charge < -0.3 is 9.64 Å². The fourth-order valence-corrected chi connectivity index (χ4v) is 2.38. The summed E-state index contributed by atoms with van der Waals surface area (Å²) in [6.45, 7) is 5.82. The molecule has 0 aliphatic carbocycles. The van der Waals surface area contributed by atoms with Crippen LogP contribution in [-0.2, 0) is 16.0 Å². The van der Waals surface area contributed by atoms with Gasteiger partial charge in [0.2, 0.25) is 0 Å². The van der Waals surface area contributed by atoms with Crippen molar-refractivity contribution in [1.82, 2.24) is 19.7 Å². The van der Waals surface area contributed by atoms with Crippen molar-refractivity contribution in [3.8, 4) is 0 Å². The Bertz CT molecular complexity index is 502. The van der Waals surface area contributed by atoms with Crippen molar-refractivity contribution in [2.45, 2.75) is 44.0 Å². The Morgan fingerprint density at radius 3 is 2.57 bits per heavy atom. The Morgan fingerprint density at radius 1 is 1.38 bits per heavy atom. The lowest BCUT2D eigenvalue weighted by molar-refractivity contribution is -0.142. The number of aromatic nitrogens is 3. The summed E-state index contributed by atoms with van der Waals surface area (Å²) in [7, 11) is 3.29. The monoisotopic (exact) mass is 314 g/mol. The van der Waals surface area contributed by atoms with Crippen LogP contribution in [0.4, 0.5) is 4.79 Å². The molecule has 0 aliphatic rings. The van der Waals surface area contributed by atoms with Crippen LogP contribution in [0.25, 0.3) is 0 Å². The smallest absolute Gasteiger partial charge is 0.346 e. The minimum atomic E-state index is -0.447. The highest BCUT2D eigenvalue weighted by atomic mass is 32.2. The normalized spacial score (nSPS) is 12.0. The summed E-state index contributed by atoms with van der Waals surface area (Å²) in [4.78, 5) is 29.6. The molecule has 1 unspecified atom stereocenters. The van der Waals surface area contributed by atoms with Crippen molar-refractivity contribution in [1.29, 1.82) is 0 Å². The summed E-state index contributed by atoms with van der Waals surface area (Å²) in [6.07, 6.45) is 1.58. The summed E-state index contributed by atoms with van der Waals surface area (Å²) < 4.78 is 6.21. The standard InChI is InChI=1S/C13H22N4O3S/c1-6-8-10-14-12(17(15-10)13(19)16(4)5)21-9(3)11(18)20-7-2/h9H,6-8H2,1-5H3. The molecular formula is C13H22N4O3S. The number of ether oxygens (including phenoxy) is 1. The molecule has 0 saturated heterocycles. The van der Waals surface area contributed by atoms with E-state index in [2.05, 4.69) is 10.1 Å². The number of aryl methyl sites for hydroxylation is 1. The van der Waals surface area contributed by atoms with E-state index in [4.69, 9.17) is 4.74 Å². The Morgan fingerprint density at radius 2 is 2.05 bits per heavy atom. The van der Waals surface area contributed by atoms with Gasteiger partial charge in [0, 0.05) is 20.5 Å². The number of thioether (sulfide) groups is 1. The van der Waals surface area contributed by atoms with Crippen molar-refractivity contribution < 1.29 is 14.3 Å². The molecule has 0 spiro atoms. The second-order valence-electron chi connectivity index (χ2n) is 4.66. The summed E-state index contributed by atoms with van der Waals surface area (Å²) >= 11 is 1.18. The number of rotatable bonds is 6. The fraction of sp³-hybridized carbons (Fsp3) is 0.692. The number of carbonyl (C=O) groups excluding carboxylic acids is 2. The molecule has 0 aromatic carbocycles. The van der Waals surface area contributed by atoms with Crippen LogP contribution in [0.1, 0.15) is 33.0 Å². The van der Waals surface area contributed by atoms with Crippen LogP contribution < -0.4 is 0 Å². The van der Waals surface area contributed by atoms with Crippen molar-refractivity contribution in [2.75, 3.05) is 20.7 Å². The number of nitrogens with zero attached hydrogens (tertiary/aromatic N) is 4. The largest absolute Gasteiger partial charge is 0.465 e. The van der Waals surface area contributed by atoms with Gasteiger partial charge in [-0.15, -0.1) is 5.10 Å². The van der Waals surface area contributed by atoms with Gasteiger partial charge in [-0.05, 0) is 20.3 Å². The third-order valence-corrected chi connectivity index (χ3v) is 3.58. The molecule has 118 valence electrons. The number of carbonyl (C=O) groups is 2. The van der Waals surface area contributed by atoms with Crippen LogP contribution in [0.5, 0.6) is 0 Å². The Kier molecular flexibility index (Phi) is 6.67. The molecule has 21 heavy (non-hydrogen) atoms. The zero-order valence-electron chi connectivity index (χ0n) is 13.1. The maximum absolute atomic E-state index is 12.1. The Labute approximate surface area is 129 Å². The molecule has 0 aliphatic heterocycles. The highest BCUT2D eigenvalue weighted by Gasteiger charge is 2.23. The molecule has 8 heteroatoms. The van der Waals surface area contributed by atoms with Gasteiger partial charge in [-0.2, -0.15) is 4.68 Å². The molecule has 7 nitrogen and oxygen atoms in total. The summed E-state index contributed by atoms with van der Waals surface area (Å²) in [5, 5.41) is 4.19. The maximum Gasteiger partial charge on any atom is 0.346 e. The number of hydrogen-bond donors (Lipinski definition) is 0. The predicted octanol–water partition coefficient (Wildman–Crippen LogP) is 1.80. The summed E-state index contributed by atoms with van der Waals surface area (Å²) in [5.41, 5.74) is 0. The predicted molar refractivity (Wildman–Crippen MR) is 80.5 cm³/mol. The first-order valence-corrected chi connectivity index (χ1v) is 7.79. The van der Waals surface area contributed by atoms with E-state index in [1.54, 1.807) is 27.9 Å². The average Bonchev–Trinajstić information content (AvgIpc) is 2.81. The van der Waals surface area contributed by atoms with Crippen LogP contribution in [0.2, 0.25) is 0 Å². The van der Waals surface area contributed by atoms with Gasteiger partial charge in [0.1, 0.15) is 5.25 Å². The lowest BCUT2D eigenvalue weighted by Gasteiger charge is -2.13. The third kappa shape index (κ3) is 4.73. The van der Waals surface area contributed by atoms with Gasteiger partial charge in [-0.3, -0.25) is 4.79 Å². The van der Waals surface area contributed by atoms with E-state index in [0.29, 0.717) is 24.0 Å². The zero-order valence-corrected chi connectivity index (χ0v) is 13.9. The lowest BCUT2D eigenvalue weighted by atomic mass is 10.3. The zero-order chi connectivity index (χ0) is 16.0. The van der Waals surface area contributed by atoms with Gasteiger partial charge in [0.15, 0.2) is 11.0 Å². The molecule has 0 radical (unpaired) electrons. The first-order valence-electron chi connectivity index (χ1n) is 6.91. The van der Waals surface area contributed by atoms with Crippen molar-refractivity contribution in [2.24, 2.45) is 0 Å². The van der Waals surface area contributed by atoms with E-state index >= 15 is 0 Å². The maximum atomic E-state index is 12.1. The number of esters is 1. The van der Waals surface area contributed by atoms with E-state index in [0.717, 1.165) is 6.42 Å². The van der Waals surface area contributed by atoms with Crippen LogP contribution in [0.3, 0.4) is 0 Å². The molecular weight excluding hydrogens is 292 g/mol. The van der Waals surface area contributed by atoms with Crippen LogP contribution in [0, 0.1) is 0 Å². The van der Waals surface area contributed by atoms with Gasteiger partial charge in [-0.1, -0.05) is 18.7 Å². The van der Waals surface area contributed by atoms with E-state index in [1.807, 2.05) is 6.92 Å². The summed E-state index contributed by atoms with van der Waals surface area (Å²) in [5.74, 6) is 0.276. The van der Waals surface area contributed by atoms with Crippen molar-refractivity contribution in [3.63, 3.8) is 0 Å². The molecule has 1 aromatic rings. The second kappa shape index (κ2) is 8.02. The van der Waals surface area contributed by atoms with E-state index in [-0.39, 0.29) is 12.0 Å². The van der Waals surface area contributed by atoms with Crippen LogP contribution in [-0.4, -0.2) is 57.6 Å². The Balaban J connectivity index is 2.98. The summed E-state index contributed by atoms with van der Waals surface area (Å²) in [6, 6.07) is -0.289. The van der Waals surface area contributed by atoms with E-state index < -0.39 is 5.25 Å². The topological polar surface area (TPSA) is 77.3 Å². The fourth-order valence-electron chi connectivity index (χ4n) is 1.52. The molecule has 1 amide bonds. The number of hydrogen-bond acceptors (Lipinski definition) is 6. The molecule has 1 atom stereocenters. The van der Waals surface area contributed by atoms with Gasteiger partial charge in [0.05, 0.1) is 6.61 Å². The van der Waals surface area contributed by atoms with Gasteiger partial charge >= 0.3 is 12.0 Å². The molecule has 1 aromatic heterocycles. The first kappa shape index (κ1) is 17.5. The van der Waals surface area contributed by atoms with Crippen LogP contribution >= 0.6 is 11.8 Å².